The van der Waals surface area contributed by atoms with Gasteiger partial charge in [-0.25, -0.2) is 0 Å². The summed E-state index contributed by atoms with van der Waals surface area (Å²) in [5.41, 5.74) is -2.26. The lowest BCUT2D eigenvalue weighted by Crippen LogP contribution is -2.46. The van der Waals surface area contributed by atoms with E-state index in [9.17, 15) is 19.5 Å². The molecular formula is C12H18O5. The first-order valence-corrected chi connectivity index (χ1v) is 5.66. The van der Waals surface area contributed by atoms with Gasteiger partial charge in [0.25, 0.3) is 0 Å². The Morgan fingerprint density at radius 3 is 2.06 bits per heavy atom. The van der Waals surface area contributed by atoms with E-state index in [2.05, 4.69) is 0 Å². The predicted molar refractivity (Wildman–Crippen MR) is 59.4 cm³/mol. The number of ether oxygens (including phenoxy) is 1. The third kappa shape index (κ3) is 3.05. The molecule has 0 aromatic carbocycles. The van der Waals surface area contributed by atoms with Crippen LogP contribution in [0.3, 0.4) is 0 Å². The summed E-state index contributed by atoms with van der Waals surface area (Å²) in [6.45, 7) is 5.07. The molecule has 0 bridgehead atoms. The Bertz CT molecular complexity index is 340. The van der Waals surface area contributed by atoms with Gasteiger partial charge in [0.1, 0.15) is 11.4 Å². The van der Waals surface area contributed by atoms with E-state index in [1.54, 1.807) is 20.8 Å². The maximum absolute atomic E-state index is 12.0. The van der Waals surface area contributed by atoms with Gasteiger partial charge >= 0.3 is 11.9 Å². The first-order valence-electron chi connectivity index (χ1n) is 5.66. The average Bonchev–Trinajstić information content (AvgIpc) is 2.15. The second kappa shape index (κ2) is 4.47. The Balaban J connectivity index is 2.89. The van der Waals surface area contributed by atoms with Crippen LogP contribution in [0, 0.1) is 5.41 Å². The van der Waals surface area contributed by atoms with Gasteiger partial charge in [-0.1, -0.05) is 0 Å². The third-order valence-corrected chi connectivity index (χ3v) is 2.86. The molecule has 96 valence electrons. The minimum absolute atomic E-state index is 0.00503. The fourth-order valence-electron chi connectivity index (χ4n) is 1.84. The number of rotatable bonds is 2. The van der Waals surface area contributed by atoms with Crippen molar-refractivity contribution in [3.8, 4) is 0 Å². The highest BCUT2D eigenvalue weighted by molar-refractivity contribution is 6.01. The van der Waals surface area contributed by atoms with Gasteiger partial charge in [-0.3, -0.25) is 14.4 Å². The van der Waals surface area contributed by atoms with E-state index < -0.39 is 23.0 Å². The zero-order valence-electron chi connectivity index (χ0n) is 10.4. The van der Waals surface area contributed by atoms with E-state index in [0.29, 0.717) is 0 Å². The van der Waals surface area contributed by atoms with Crippen LogP contribution in [0.2, 0.25) is 0 Å². The molecule has 0 aromatic rings. The lowest BCUT2D eigenvalue weighted by atomic mass is 9.73. The second-order valence-electron chi connectivity index (χ2n) is 5.43. The molecule has 0 amide bonds. The number of esters is 1. The summed E-state index contributed by atoms with van der Waals surface area (Å²) in [6, 6.07) is 0. The summed E-state index contributed by atoms with van der Waals surface area (Å²) < 4.78 is 5.15. The molecule has 0 atom stereocenters. The predicted octanol–water partition coefficient (Wildman–Crippen LogP) is 1.54. The zero-order chi connectivity index (χ0) is 13.3. The van der Waals surface area contributed by atoms with Gasteiger partial charge in [-0.2, -0.15) is 0 Å². The Morgan fingerprint density at radius 1 is 1.24 bits per heavy atom. The van der Waals surface area contributed by atoms with E-state index in [4.69, 9.17) is 4.74 Å². The maximum Gasteiger partial charge on any atom is 0.324 e. The molecule has 0 aliphatic heterocycles. The largest absolute Gasteiger partial charge is 0.480 e. The topological polar surface area (TPSA) is 80.7 Å². The maximum atomic E-state index is 12.0. The lowest BCUT2D eigenvalue weighted by Gasteiger charge is -2.33. The summed E-state index contributed by atoms with van der Waals surface area (Å²) in [6.07, 6.45) is 0.337. The van der Waals surface area contributed by atoms with Crippen molar-refractivity contribution in [3.63, 3.8) is 0 Å². The molecule has 1 rings (SSSR count). The standard InChI is InChI=1S/C12H18O5/c1-11(2,3)17-10(16)12(9(14)15)6-4-8(13)5-7-12/h4-7H2,1-3H3,(H,14,15). The minimum Gasteiger partial charge on any atom is -0.480 e. The highest BCUT2D eigenvalue weighted by atomic mass is 16.6. The first-order chi connectivity index (χ1) is 7.67. The molecule has 0 heterocycles. The molecule has 5 heteroatoms. The SMILES string of the molecule is CC(C)(C)OC(=O)C1(C(=O)O)CCC(=O)CC1. The summed E-state index contributed by atoms with van der Waals surface area (Å²) in [5, 5.41) is 9.23. The van der Waals surface area contributed by atoms with Crippen molar-refractivity contribution < 1.29 is 24.2 Å². The molecule has 0 spiro atoms. The van der Waals surface area contributed by atoms with Crippen molar-refractivity contribution in [2.24, 2.45) is 5.41 Å². The zero-order valence-corrected chi connectivity index (χ0v) is 10.4. The summed E-state index contributed by atoms with van der Waals surface area (Å²) in [4.78, 5) is 34.4. The van der Waals surface area contributed by atoms with Gasteiger partial charge in [0.15, 0.2) is 5.41 Å². The van der Waals surface area contributed by atoms with Crippen LogP contribution < -0.4 is 0 Å². The van der Waals surface area contributed by atoms with Crippen LogP contribution in [0.4, 0.5) is 0 Å². The number of carboxylic acid groups (broad SMARTS) is 1. The number of ketones is 1. The van der Waals surface area contributed by atoms with E-state index in [1.807, 2.05) is 0 Å². The summed E-state index contributed by atoms with van der Waals surface area (Å²) in [7, 11) is 0. The van der Waals surface area contributed by atoms with Gasteiger partial charge in [-0.05, 0) is 33.6 Å². The van der Waals surface area contributed by atoms with Crippen LogP contribution in [-0.2, 0) is 19.1 Å². The molecule has 0 radical (unpaired) electrons. The van der Waals surface area contributed by atoms with E-state index in [1.165, 1.54) is 0 Å². The number of carbonyl (C=O) groups excluding carboxylic acids is 2. The smallest absolute Gasteiger partial charge is 0.324 e. The fourth-order valence-corrected chi connectivity index (χ4v) is 1.84. The van der Waals surface area contributed by atoms with Crippen LogP contribution in [0.5, 0.6) is 0 Å². The Labute approximate surface area is 100 Å². The van der Waals surface area contributed by atoms with Crippen molar-refractivity contribution in [1.29, 1.82) is 0 Å². The molecule has 17 heavy (non-hydrogen) atoms. The molecule has 1 fully saturated rings. The highest BCUT2D eigenvalue weighted by Crippen LogP contribution is 2.37. The van der Waals surface area contributed by atoms with Gasteiger partial charge in [0, 0.05) is 12.8 Å². The normalized spacial score (nSPS) is 19.8. The molecule has 1 aliphatic carbocycles. The van der Waals surface area contributed by atoms with Crippen molar-refractivity contribution in [3.05, 3.63) is 0 Å². The molecule has 0 aromatic heterocycles. The van der Waals surface area contributed by atoms with Crippen LogP contribution in [0.1, 0.15) is 46.5 Å². The quantitative estimate of drug-likeness (QED) is 0.586. The van der Waals surface area contributed by atoms with Gasteiger partial charge < -0.3 is 9.84 Å². The minimum atomic E-state index is -1.54. The van der Waals surface area contributed by atoms with Gasteiger partial charge in [0.2, 0.25) is 0 Å². The molecule has 0 unspecified atom stereocenters. The van der Waals surface area contributed by atoms with E-state index in [-0.39, 0.29) is 31.5 Å². The monoisotopic (exact) mass is 242 g/mol. The number of aliphatic carboxylic acids is 1. The lowest BCUT2D eigenvalue weighted by molar-refractivity contribution is -0.179. The highest BCUT2D eigenvalue weighted by Gasteiger charge is 2.50. The fraction of sp³-hybridized carbons (Fsp3) is 0.750. The number of Topliss-reactive ketones (excluding diaryl/α,β-unsaturated/α-hetero) is 1. The van der Waals surface area contributed by atoms with Crippen molar-refractivity contribution in [1.82, 2.24) is 0 Å². The van der Waals surface area contributed by atoms with Gasteiger partial charge in [-0.15, -0.1) is 0 Å². The number of hydrogen-bond donors (Lipinski definition) is 1. The molecule has 1 aliphatic rings. The summed E-state index contributed by atoms with van der Waals surface area (Å²) >= 11 is 0. The van der Waals surface area contributed by atoms with Gasteiger partial charge in [0.05, 0.1) is 0 Å². The van der Waals surface area contributed by atoms with Crippen molar-refractivity contribution in [2.75, 3.05) is 0 Å². The first kappa shape index (κ1) is 13.7. The van der Waals surface area contributed by atoms with E-state index in [0.717, 1.165) is 0 Å². The van der Waals surface area contributed by atoms with E-state index >= 15 is 0 Å². The Kier molecular flexibility index (Phi) is 3.59. The summed E-state index contributed by atoms with van der Waals surface area (Å²) in [5.74, 6) is -1.92. The van der Waals surface area contributed by atoms with Crippen molar-refractivity contribution >= 4 is 17.7 Å². The number of carbonyl (C=O) groups is 3. The number of carboxylic acids is 1. The molecule has 5 nitrogen and oxygen atoms in total. The van der Waals surface area contributed by atoms with Crippen molar-refractivity contribution in [2.45, 2.75) is 52.1 Å². The molecule has 1 saturated carbocycles. The Hall–Kier alpha value is -1.39. The average molecular weight is 242 g/mol. The van der Waals surface area contributed by atoms with Crippen LogP contribution >= 0.6 is 0 Å². The van der Waals surface area contributed by atoms with Crippen LogP contribution in [0.25, 0.3) is 0 Å². The third-order valence-electron chi connectivity index (χ3n) is 2.86. The molecular weight excluding hydrogens is 224 g/mol. The van der Waals surface area contributed by atoms with Crippen LogP contribution in [-0.4, -0.2) is 28.4 Å². The second-order valence-corrected chi connectivity index (χ2v) is 5.43. The molecule has 0 saturated heterocycles. The number of hydrogen-bond acceptors (Lipinski definition) is 4. The Morgan fingerprint density at radius 2 is 1.71 bits per heavy atom. The molecule has 1 N–H and O–H groups in total. The van der Waals surface area contributed by atoms with Crippen LogP contribution in [0.15, 0.2) is 0 Å².